The van der Waals surface area contributed by atoms with E-state index in [4.69, 9.17) is 0 Å². The summed E-state index contributed by atoms with van der Waals surface area (Å²) in [6.45, 7) is 4.08. The fourth-order valence-corrected chi connectivity index (χ4v) is 3.18. The average Bonchev–Trinajstić information content (AvgIpc) is 2.69. The normalized spacial score (nSPS) is 11.1. The van der Waals surface area contributed by atoms with Crippen molar-refractivity contribution in [2.75, 3.05) is 11.6 Å². The van der Waals surface area contributed by atoms with Gasteiger partial charge in [0.1, 0.15) is 0 Å². The van der Waals surface area contributed by atoms with Gasteiger partial charge < -0.3 is 5.32 Å². The number of rotatable bonds is 4. The Balaban J connectivity index is 2.16. The maximum absolute atomic E-state index is 11.7. The van der Waals surface area contributed by atoms with Gasteiger partial charge in [0.2, 0.25) is 5.91 Å². The van der Waals surface area contributed by atoms with Crippen LogP contribution < -0.4 is 5.32 Å². The Morgan fingerprint density at radius 3 is 2.94 bits per heavy atom. The summed E-state index contributed by atoms with van der Waals surface area (Å²) in [7, 11) is 0. The third kappa shape index (κ3) is 3.23. The Bertz CT molecular complexity index is 563. The van der Waals surface area contributed by atoms with Crippen molar-refractivity contribution < 1.29 is 4.79 Å². The van der Waals surface area contributed by atoms with Crippen LogP contribution in [0.1, 0.15) is 20.3 Å². The number of hydrogen-bond acceptors (Lipinski definition) is 4. The van der Waals surface area contributed by atoms with E-state index >= 15 is 0 Å². The van der Waals surface area contributed by atoms with E-state index in [1.54, 1.807) is 23.1 Å². The van der Waals surface area contributed by atoms with Crippen LogP contribution in [0.25, 0.3) is 10.2 Å². The second-order valence-electron chi connectivity index (χ2n) is 4.51. The number of thioether (sulfide) groups is 1. The maximum atomic E-state index is 11.7. The standard InChI is InChI=1S/C13H16N2OS2/c1-8(2)6-12(16)14-9-4-5-10-11(7-9)18-13(15-10)17-3/h4-5,7-8H,6H2,1-3H3,(H,14,16). The monoisotopic (exact) mass is 280 g/mol. The van der Waals surface area contributed by atoms with E-state index in [0.29, 0.717) is 12.3 Å². The molecular weight excluding hydrogens is 264 g/mol. The van der Waals surface area contributed by atoms with Crippen LogP contribution in [0.5, 0.6) is 0 Å². The molecule has 0 radical (unpaired) electrons. The van der Waals surface area contributed by atoms with Crippen molar-refractivity contribution in [1.82, 2.24) is 4.98 Å². The number of fused-ring (bicyclic) bond motifs is 1. The minimum absolute atomic E-state index is 0.0685. The van der Waals surface area contributed by atoms with Crippen LogP contribution in [0.3, 0.4) is 0 Å². The third-order valence-electron chi connectivity index (χ3n) is 2.42. The summed E-state index contributed by atoms with van der Waals surface area (Å²) < 4.78 is 2.16. The van der Waals surface area contributed by atoms with Crippen molar-refractivity contribution in [2.24, 2.45) is 5.92 Å². The lowest BCUT2D eigenvalue weighted by molar-refractivity contribution is -0.116. The predicted octanol–water partition coefficient (Wildman–Crippen LogP) is 4.00. The Labute approximate surface area is 115 Å². The Hall–Kier alpha value is -1.07. The van der Waals surface area contributed by atoms with Crippen molar-refractivity contribution in [3.8, 4) is 0 Å². The van der Waals surface area contributed by atoms with Gasteiger partial charge >= 0.3 is 0 Å². The van der Waals surface area contributed by atoms with Crippen LogP contribution in [-0.2, 0) is 4.79 Å². The first-order valence-electron chi connectivity index (χ1n) is 5.83. The summed E-state index contributed by atoms with van der Waals surface area (Å²) >= 11 is 3.30. The van der Waals surface area contributed by atoms with Gasteiger partial charge in [0, 0.05) is 12.1 Å². The van der Waals surface area contributed by atoms with Gasteiger partial charge in [-0.05, 0) is 30.4 Å². The predicted molar refractivity (Wildman–Crippen MR) is 79.5 cm³/mol. The molecule has 0 aliphatic rings. The van der Waals surface area contributed by atoms with Crippen LogP contribution >= 0.6 is 23.1 Å². The smallest absolute Gasteiger partial charge is 0.224 e. The molecule has 0 spiro atoms. The van der Waals surface area contributed by atoms with E-state index in [0.717, 1.165) is 20.2 Å². The molecule has 3 nitrogen and oxygen atoms in total. The number of amides is 1. The lowest BCUT2D eigenvalue weighted by Crippen LogP contribution is -2.13. The summed E-state index contributed by atoms with van der Waals surface area (Å²) in [4.78, 5) is 16.2. The highest BCUT2D eigenvalue weighted by Crippen LogP contribution is 2.30. The average molecular weight is 280 g/mol. The SMILES string of the molecule is CSc1nc2ccc(NC(=O)CC(C)C)cc2s1. The number of benzene rings is 1. The van der Waals surface area contributed by atoms with Gasteiger partial charge in [0.15, 0.2) is 4.34 Å². The van der Waals surface area contributed by atoms with E-state index in [2.05, 4.69) is 10.3 Å². The molecule has 1 amide bonds. The van der Waals surface area contributed by atoms with Gasteiger partial charge in [-0.2, -0.15) is 0 Å². The minimum Gasteiger partial charge on any atom is -0.326 e. The molecule has 2 aromatic rings. The van der Waals surface area contributed by atoms with Crippen molar-refractivity contribution in [3.63, 3.8) is 0 Å². The second-order valence-corrected chi connectivity index (χ2v) is 6.60. The molecule has 2 rings (SSSR count). The van der Waals surface area contributed by atoms with Crippen molar-refractivity contribution >= 4 is 44.9 Å². The third-order valence-corrected chi connectivity index (χ3v) is 4.42. The van der Waals surface area contributed by atoms with E-state index in [1.165, 1.54) is 0 Å². The van der Waals surface area contributed by atoms with Crippen LogP contribution in [0.15, 0.2) is 22.5 Å². The number of carbonyl (C=O) groups excluding carboxylic acids is 1. The number of carbonyl (C=O) groups is 1. The molecule has 0 saturated carbocycles. The molecule has 0 bridgehead atoms. The van der Waals surface area contributed by atoms with Crippen LogP contribution in [0, 0.1) is 5.92 Å². The number of nitrogens with zero attached hydrogens (tertiary/aromatic N) is 1. The second kappa shape index (κ2) is 5.71. The summed E-state index contributed by atoms with van der Waals surface area (Å²) in [6.07, 6.45) is 2.57. The van der Waals surface area contributed by atoms with Crippen LogP contribution in [0.2, 0.25) is 0 Å². The van der Waals surface area contributed by atoms with Gasteiger partial charge in [-0.3, -0.25) is 4.79 Å². The lowest BCUT2D eigenvalue weighted by atomic mass is 10.1. The van der Waals surface area contributed by atoms with E-state index in [1.807, 2.05) is 38.3 Å². The van der Waals surface area contributed by atoms with Crippen molar-refractivity contribution in [3.05, 3.63) is 18.2 Å². The molecule has 1 aromatic heterocycles. The summed E-state index contributed by atoms with van der Waals surface area (Å²) in [5, 5.41) is 2.93. The number of thiazole rings is 1. The van der Waals surface area contributed by atoms with Gasteiger partial charge in [-0.1, -0.05) is 25.6 Å². The van der Waals surface area contributed by atoms with Crippen LogP contribution in [0.4, 0.5) is 5.69 Å². The topological polar surface area (TPSA) is 42.0 Å². The highest BCUT2D eigenvalue weighted by Gasteiger charge is 2.07. The first-order chi connectivity index (χ1) is 8.58. The maximum Gasteiger partial charge on any atom is 0.224 e. The molecule has 0 atom stereocenters. The molecule has 0 unspecified atom stereocenters. The Morgan fingerprint density at radius 2 is 2.28 bits per heavy atom. The molecule has 0 aliphatic carbocycles. The molecule has 0 saturated heterocycles. The fourth-order valence-electron chi connectivity index (χ4n) is 1.65. The molecule has 18 heavy (non-hydrogen) atoms. The number of hydrogen-bond donors (Lipinski definition) is 1. The zero-order valence-electron chi connectivity index (χ0n) is 10.7. The summed E-state index contributed by atoms with van der Waals surface area (Å²) in [6, 6.07) is 5.85. The summed E-state index contributed by atoms with van der Waals surface area (Å²) in [5.74, 6) is 0.444. The number of anilines is 1. The molecule has 96 valence electrons. The van der Waals surface area contributed by atoms with Gasteiger partial charge in [-0.25, -0.2) is 4.98 Å². The molecule has 1 heterocycles. The lowest BCUT2D eigenvalue weighted by Gasteiger charge is -2.06. The van der Waals surface area contributed by atoms with Gasteiger partial charge in [0.25, 0.3) is 0 Å². The van der Waals surface area contributed by atoms with Crippen LogP contribution in [-0.4, -0.2) is 17.1 Å². The number of aromatic nitrogens is 1. The largest absolute Gasteiger partial charge is 0.326 e. The Morgan fingerprint density at radius 1 is 1.50 bits per heavy atom. The molecule has 0 aliphatic heterocycles. The fraction of sp³-hybridized carbons (Fsp3) is 0.385. The van der Waals surface area contributed by atoms with E-state index in [9.17, 15) is 4.79 Å². The van der Waals surface area contributed by atoms with Gasteiger partial charge in [0.05, 0.1) is 10.2 Å². The Kier molecular flexibility index (Phi) is 4.24. The zero-order chi connectivity index (χ0) is 13.1. The molecule has 1 N–H and O–H groups in total. The zero-order valence-corrected chi connectivity index (χ0v) is 12.3. The van der Waals surface area contributed by atoms with E-state index in [-0.39, 0.29) is 5.91 Å². The first kappa shape index (κ1) is 13.4. The number of nitrogens with one attached hydrogen (secondary N) is 1. The summed E-state index contributed by atoms with van der Waals surface area (Å²) in [5.41, 5.74) is 1.84. The van der Waals surface area contributed by atoms with Crippen molar-refractivity contribution in [1.29, 1.82) is 0 Å². The highest BCUT2D eigenvalue weighted by molar-refractivity contribution is 8.00. The molecule has 0 fully saturated rings. The van der Waals surface area contributed by atoms with E-state index < -0.39 is 0 Å². The molecule has 5 heteroatoms. The molecular formula is C13H16N2OS2. The first-order valence-corrected chi connectivity index (χ1v) is 7.87. The van der Waals surface area contributed by atoms with Gasteiger partial charge in [-0.15, -0.1) is 11.3 Å². The van der Waals surface area contributed by atoms with Crippen molar-refractivity contribution in [2.45, 2.75) is 24.6 Å². The molecule has 1 aromatic carbocycles. The quantitative estimate of drug-likeness (QED) is 0.861. The highest BCUT2D eigenvalue weighted by atomic mass is 32.2. The minimum atomic E-state index is 0.0685.